The van der Waals surface area contributed by atoms with E-state index < -0.39 is 11.6 Å². The van der Waals surface area contributed by atoms with Gasteiger partial charge in [0.1, 0.15) is 0 Å². The average molecular weight is 208 g/mol. The lowest BCUT2D eigenvalue weighted by atomic mass is 9.79. The SMILES string of the molecule is Cc1cccc2c1CCCC2(F)C(=O)O. The van der Waals surface area contributed by atoms with Gasteiger partial charge < -0.3 is 5.11 Å². The van der Waals surface area contributed by atoms with Crippen LogP contribution in [-0.2, 0) is 16.9 Å². The lowest BCUT2D eigenvalue weighted by Crippen LogP contribution is -2.35. The summed E-state index contributed by atoms with van der Waals surface area (Å²) in [7, 11) is 0. The molecule has 15 heavy (non-hydrogen) atoms. The molecule has 0 amide bonds. The molecule has 0 heterocycles. The van der Waals surface area contributed by atoms with Gasteiger partial charge in [-0.15, -0.1) is 0 Å². The maximum atomic E-state index is 14.3. The van der Waals surface area contributed by atoms with E-state index in [1.54, 1.807) is 12.1 Å². The number of carboxylic acids is 1. The smallest absolute Gasteiger partial charge is 0.346 e. The fourth-order valence-electron chi connectivity index (χ4n) is 2.27. The summed E-state index contributed by atoms with van der Waals surface area (Å²) in [4.78, 5) is 11.0. The van der Waals surface area contributed by atoms with Gasteiger partial charge in [-0.1, -0.05) is 18.2 Å². The highest BCUT2D eigenvalue weighted by atomic mass is 19.1. The normalized spacial score (nSPS) is 24.7. The number of halogens is 1. The van der Waals surface area contributed by atoms with Gasteiger partial charge in [-0.2, -0.15) is 0 Å². The molecule has 0 saturated carbocycles. The maximum absolute atomic E-state index is 14.3. The van der Waals surface area contributed by atoms with Crippen LogP contribution in [0.4, 0.5) is 4.39 Å². The lowest BCUT2D eigenvalue weighted by Gasteiger charge is -2.29. The van der Waals surface area contributed by atoms with Crippen molar-refractivity contribution in [2.24, 2.45) is 0 Å². The largest absolute Gasteiger partial charge is 0.479 e. The third kappa shape index (κ3) is 1.42. The van der Waals surface area contributed by atoms with E-state index in [0.29, 0.717) is 12.0 Å². The molecule has 0 aromatic heterocycles. The Balaban J connectivity index is 2.61. The first-order valence-electron chi connectivity index (χ1n) is 5.07. The zero-order valence-corrected chi connectivity index (χ0v) is 8.59. The number of hydrogen-bond acceptors (Lipinski definition) is 1. The Morgan fingerprint density at radius 2 is 2.27 bits per heavy atom. The predicted molar refractivity (Wildman–Crippen MR) is 54.5 cm³/mol. The summed E-state index contributed by atoms with van der Waals surface area (Å²) >= 11 is 0. The van der Waals surface area contributed by atoms with Gasteiger partial charge >= 0.3 is 5.97 Å². The molecule has 0 fully saturated rings. The third-order valence-corrected chi connectivity index (χ3v) is 3.12. The molecule has 1 unspecified atom stereocenters. The highest BCUT2D eigenvalue weighted by Crippen LogP contribution is 2.39. The molecule has 1 atom stereocenters. The number of alkyl halides is 1. The number of fused-ring (bicyclic) bond motifs is 1. The molecule has 3 heteroatoms. The monoisotopic (exact) mass is 208 g/mol. The van der Waals surface area contributed by atoms with Crippen molar-refractivity contribution in [1.82, 2.24) is 0 Å². The van der Waals surface area contributed by atoms with Crippen molar-refractivity contribution in [3.8, 4) is 0 Å². The average Bonchev–Trinajstić information content (AvgIpc) is 2.20. The van der Waals surface area contributed by atoms with Gasteiger partial charge in [0, 0.05) is 5.56 Å². The Hall–Kier alpha value is -1.38. The van der Waals surface area contributed by atoms with Crippen LogP contribution >= 0.6 is 0 Å². The Labute approximate surface area is 87.7 Å². The summed E-state index contributed by atoms with van der Waals surface area (Å²) in [5.41, 5.74) is 0.0185. The van der Waals surface area contributed by atoms with Gasteiger partial charge in [0.05, 0.1) is 0 Å². The number of benzene rings is 1. The van der Waals surface area contributed by atoms with Crippen LogP contribution in [0.1, 0.15) is 29.5 Å². The summed E-state index contributed by atoms with van der Waals surface area (Å²) in [6.45, 7) is 1.90. The molecule has 0 aliphatic heterocycles. The minimum Gasteiger partial charge on any atom is -0.479 e. The molecule has 0 bridgehead atoms. The molecule has 0 spiro atoms. The van der Waals surface area contributed by atoms with Crippen LogP contribution in [0.2, 0.25) is 0 Å². The van der Waals surface area contributed by atoms with Gasteiger partial charge in [0.25, 0.3) is 0 Å². The number of carboxylic acid groups (broad SMARTS) is 1. The molecule has 1 aliphatic carbocycles. The number of aliphatic carboxylic acids is 1. The van der Waals surface area contributed by atoms with Crippen LogP contribution in [-0.4, -0.2) is 11.1 Å². The summed E-state index contributed by atoms with van der Waals surface area (Å²) in [5, 5.41) is 8.96. The fraction of sp³-hybridized carbons (Fsp3) is 0.417. The number of aryl methyl sites for hydroxylation is 1. The lowest BCUT2D eigenvalue weighted by molar-refractivity contribution is -0.152. The van der Waals surface area contributed by atoms with E-state index in [9.17, 15) is 9.18 Å². The van der Waals surface area contributed by atoms with E-state index in [2.05, 4.69) is 0 Å². The molecule has 0 saturated heterocycles. The van der Waals surface area contributed by atoms with Crippen molar-refractivity contribution in [3.05, 3.63) is 34.9 Å². The minimum absolute atomic E-state index is 0.0821. The van der Waals surface area contributed by atoms with Gasteiger partial charge in [0.2, 0.25) is 5.67 Å². The Morgan fingerprint density at radius 1 is 1.53 bits per heavy atom. The molecule has 80 valence electrons. The summed E-state index contributed by atoms with van der Waals surface area (Å²) in [5.74, 6) is -1.37. The summed E-state index contributed by atoms with van der Waals surface area (Å²) in [6.07, 6.45) is 1.46. The maximum Gasteiger partial charge on any atom is 0.346 e. The van der Waals surface area contributed by atoms with E-state index in [4.69, 9.17) is 5.11 Å². The Morgan fingerprint density at radius 3 is 2.93 bits per heavy atom. The second-order valence-corrected chi connectivity index (χ2v) is 4.06. The van der Waals surface area contributed by atoms with Gasteiger partial charge in [-0.3, -0.25) is 0 Å². The van der Waals surface area contributed by atoms with Crippen LogP contribution in [0.15, 0.2) is 18.2 Å². The summed E-state index contributed by atoms with van der Waals surface area (Å²) in [6, 6.07) is 5.21. The standard InChI is InChI=1S/C12H13FO2/c1-8-4-2-6-10-9(8)5-3-7-12(10,13)11(14)15/h2,4,6H,3,5,7H2,1H3,(H,14,15). The molecule has 2 rings (SSSR count). The third-order valence-electron chi connectivity index (χ3n) is 3.12. The van der Waals surface area contributed by atoms with E-state index >= 15 is 0 Å². The number of carbonyl (C=O) groups is 1. The van der Waals surface area contributed by atoms with Crippen LogP contribution in [0.3, 0.4) is 0 Å². The fourth-order valence-corrected chi connectivity index (χ4v) is 2.27. The molecule has 1 aromatic carbocycles. The van der Waals surface area contributed by atoms with Gasteiger partial charge in [-0.05, 0) is 37.3 Å². The summed E-state index contributed by atoms with van der Waals surface area (Å²) < 4.78 is 14.3. The molecule has 0 radical (unpaired) electrons. The Bertz CT molecular complexity index is 414. The van der Waals surface area contributed by atoms with E-state index in [1.807, 2.05) is 13.0 Å². The van der Waals surface area contributed by atoms with Crippen LogP contribution in [0.25, 0.3) is 0 Å². The number of hydrogen-bond donors (Lipinski definition) is 1. The van der Waals surface area contributed by atoms with Crippen molar-refractivity contribution in [1.29, 1.82) is 0 Å². The van der Waals surface area contributed by atoms with Crippen LogP contribution in [0.5, 0.6) is 0 Å². The second-order valence-electron chi connectivity index (χ2n) is 4.06. The van der Waals surface area contributed by atoms with Crippen LogP contribution < -0.4 is 0 Å². The highest BCUT2D eigenvalue weighted by molar-refractivity contribution is 5.80. The molecular weight excluding hydrogens is 195 g/mol. The quantitative estimate of drug-likeness (QED) is 0.770. The van der Waals surface area contributed by atoms with Crippen molar-refractivity contribution >= 4 is 5.97 Å². The van der Waals surface area contributed by atoms with Crippen molar-refractivity contribution < 1.29 is 14.3 Å². The first-order valence-corrected chi connectivity index (χ1v) is 5.07. The first-order chi connectivity index (χ1) is 7.05. The molecule has 1 aliphatic rings. The zero-order valence-electron chi connectivity index (χ0n) is 8.59. The van der Waals surface area contributed by atoms with E-state index in [0.717, 1.165) is 17.5 Å². The van der Waals surface area contributed by atoms with Crippen molar-refractivity contribution in [2.45, 2.75) is 31.9 Å². The van der Waals surface area contributed by atoms with E-state index in [-0.39, 0.29) is 6.42 Å². The number of rotatable bonds is 1. The Kier molecular flexibility index (Phi) is 2.25. The molecule has 2 nitrogen and oxygen atoms in total. The van der Waals surface area contributed by atoms with Crippen LogP contribution in [0, 0.1) is 6.92 Å². The first kappa shape index (κ1) is 10.1. The van der Waals surface area contributed by atoms with E-state index in [1.165, 1.54) is 0 Å². The van der Waals surface area contributed by atoms with Crippen molar-refractivity contribution in [3.63, 3.8) is 0 Å². The minimum atomic E-state index is -2.18. The highest BCUT2D eigenvalue weighted by Gasteiger charge is 2.44. The molecule has 1 N–H and O–H groups in total. The second kappa shape index (κ2) is 3.33. The zero-order chi connectivity index (χ0) is 11.1. The molecular formula is C12H13FO2. The molecule has 1 aromatic rings. The van der Waals surface area contributed by atoms with Gasteiger partial charge in [0.15, 0.2) is 0 Å². The predicted octanol–water partition coefficient (Wildman–Crippen LogP) is 2.58. The topological polar surface area (TPSA) is 37.3 Å². The van der Waals surface area contributed by atoms with Crippen molar-refractivity contribution in [2.75, 3.05) is 0 Å². The van der Waals surface area contributed by atoms with Gasteiger partial charge in [-0.25, -0.2) is 9.18 Å².